The van der Waals surface area contributed by atoms with Crippen LogP contribution < -0.4 is 15.2 Å². The maximum absolute atomic E-state index is 12.0. The first-order chi connectivity index (χ1) is 11.7. The molecule has 6 nitrogen and oxygen atoms in total. The Labute approximate surface area is 155 Å². The predicted molar refractivity (Wildman–Crippen MR) is 100 cm³/mol. The fourth-order valence-electron chi connectivity index (χ4n) is 2.06. The molecule has 0 aliphatic heterocycles. The van der Waals surface area contributed by atoms with Gasteiger partial charge < -0.3 is 10.1 Å². The number of rotatable bonds is 6. The monoisotopic (exact) mass is 426 g/mol. The van der Waals surface area contributed by atoms with Gasteiger partial charge in [-0.15, -0.1) is 0 Å². The zero-order valence-electron chi connectivity index (χ0n) is 13.8. The number of nitrogens with one attached hydrogen (secondary N) is 1. The second kappa shape index (κ2) is 7.99. The highest BCUT2D eigenvalue weighted by molar-refractivity contribution is 9.10. The minimum atomic E-state index is -3.75. The number of hydrogen-bond donors (Lipinski definition) is 2. The van der Waals surface area contributed by atoms with Gasteiger partial charge in [-0.2, -0.15) is 0 Å². The number of carbonyl (C=O) groups excluding carboxylic acids is 1. The van der Waals surface area contributed by atoms with Gasteiger partial charge in [0.25, 0.3) is 5.91 Å². The summed E-state index contributed by atoms with van der Waals surface area (Å²) in [5.41, 5.74) is 1.62. The Kier molecular flexibility index (Phi) is 6.21. The molecule has 0 atom stereocenters. The summed E-state index contributed by atoms with van der Waals surface area (Å²) in [5, 5.41) is 7.65. The number of nitrogens with two attached hydrogens (primary N) is 1. The van der Waals surface area contributed by atoms with Gasteiger partial charge in [-0.3, -0.25) is 4.79 Å². The van der Waals surface area contributed by atoms with Crippen LogP contribution in [0.15, 0.2) is 51.8 Å². The van der Waals surface area contributed by atoms with Crippen molar-refractivity contribution < 1.29 is 17.9 Å². The van der Waals surface area contributed by atoms with E-state index in [1.165, 1.54) is 29.8 Å². The molecule has 134 valence electrons. The lowest BCUT2D eigenvalue weighted by Gasteiger charge is -2.11. The lowest BCUT2D eigenvalue weighted by molar-refractivity contribution is -0.118. The Morgan fingerprint density at radius 3 is 2.36 bits per heavy atom. The average Bonchev–Trinajstić information content (AvgIpc) is 2.53. The molecule has 25 heavy (non-hydrogen) atoms. The van der Waals surface area contributed by atoms with E-state index in [4.69, 9.17) is 9.88 Å². The van der Waals surface area contributed by atoms with Crippen LogP contribution in [0.4, 0.5) is 5.69 Å². The third kappa shape index (κ3) is 5.55. The quantitative estimate of drug-likeness (QED) is 0.740. The van der Waals surface area contributed by atoms with Crippen molar-refractivity contribution in [1.82, 2.24) is 0 Å². The smallest absolute Gasteiger partial charge is 0.262 e. The Morgan fingerprint density at radius 2 is 1.84 bits per heavy atom. The Morgan fingerprint density at radius 1 is 1.20 bits per heavy atom. The zero-order valence-corrected chi connectivity index (χ0v) is 16.2. The van der Waals surface area contributed by atoms with Crippen molar-refractivity contribution >= 4 is 37.5 Å². The largest absolute Gasteiger partial charge is 0.483 e. The number of ether oxygens (including phenoxy) is 1. The highest BCUT2D eigenvalue weighted by Gasteiger charge is 2.10. The lowest BCUT2D eigenvalue weighted by Crippen LogP contribution is -2.20. The fourth-order valence-corrected chi connectivity index (χ4v) is 3.09. The van der Waals surface area contributed by atoms with E-state index in [9.17, 15) is 13.2 Å². The van der Waals surface area contributed by atoms with Crippen molar-refractivity contribution in [2.24, 2.45) is 5.14 Å². The molecule has 1 amide bonds. The van der Waals surface area contributed by atoms with Crippen molar-refractivity contribution in [3.63, 3.8) is 0 Å². The van der Waals surface area contributed by atoms with Gasteiger partial charge in [0.15, 0.2) is 6.61 Å². The number of halogens is 1. The van der Waals surface area contributed by atoms with Gasteiger partial charge in [0.2, 0.25) is 10.0 Å². The zero-order chi connectivity index (χ0) is 18.6. The van der Waals surface area contributed by atoms with E-state index >= 15 is 0 Å². The maximum atomic E-state index is 12.0. The summed E-state index contributed by atoms with van der Waals surface area (Å²) in [5.74, 6) is 0.612. The molecule has 0 aromatic heterocycles. The average molecular weight is 427 g/mol. The van der Waals surface area contributed by atoms with E-state index in [2.05, 4.69) is 35.1 Å². The third-order valence-corrected chi connectivity index (χ3v) is 5.00. The number of carbonyl (C=O) groups is 1. The molecular formula is C17H19BrN2O4S. The highest BCUT2D eigenvalue weighted by Crippen LogP contribution is 2.28. The summed E-state index contributed by atoms with van der Waals surface area (Å²) < 4.78 is 28.7. The van der Waals surface area contributed by atoms with Crippen molar-refractivity contribution in [2.45, 2.75) is 24.7 Å². The van der Waals surface area contributed by atoms with E-state index < -0.39 is 10.0 Å². The fraction of sp³-hybridized carbons (Fsp3) is 0.235. The first-order valence-corrected chi connectivity index (χ1v) is 9.85. The Hall–Kier alpha value is -1.90. The second-order valence-corrected chi connectivity index (χ2v) is 8.17. The van der Waals surface area contributed by atoms with Crippen LogP contribution in [0.1, 0.15) is 25.3 Å². The molecule has 0 fully saturated rings. The topological polar surface area (TPSA) is 98.5 Å². The van der Waals surface area contributed by atoms with E-state index in [-0.39, 0.29) is 17.4 Å². The van der Waals surface area contributed by atoms with E-state index in [0.717, 1.165) is 4.47 Å². The van der Waals surface area contributed by atoms with Gasteiger partial charge >= 0.3 is 0 Å². The third-order valence-electron chi connectivity index (χ3n) is 3.45. The molecule has 0 saturated carbocycles. The van der Waals surface area contributed by atoms with Gasteiger partial charge in [-0.1, -0.05) is 19.9 Å². The number of benzene rings is 2. The summed E-state index contributed by atoms with van der Waals surface area (Å²) in [4.78, 5) is 11.9. The summed E-state index contributed by atoms with van der Waals surface area (Å²) in [6.45, 7) is 4.02. The van der Waals surface area contributed by atoms with Crippen molar-refractivity contribution in [3.8, 4) is 5.75 Å². The molecule has 2 aromatic rings. The van der Waals surface area contributed by atoms with Gasteiger partial charge in [-0.05, 0) is 63.8 Å². The standard InChI is InChI=1S/C17H19BrN2O4S/c1-11(2)12-3-8-16(15(18)9-12)24-10-17(21)20-13-4-6-14(7-5-13)25(19,22)23/h3-9,11H,10H2,1-2H3,(H,20,21)(H2,19,22,23). The maximum Gasteiger partial charge on any atom is 0.262 e. The van der Waals surface area contributed by atoms with Crippen LogP contribution in [0.3, 0.4) is 0 Å². The molecular weight excluding hydrogens is 408 g/mol. The first-order valence-electron chi connectivity index (χ1n) is 7.52. The summed E-state index contributed by atoms with van der Waals surface area (Å²) >= 11 is 3.43. The SMILES string of the molecule is CC(C)c1ccc(OCC(=O)Nc2ccc(S(N)(=O)=O)cc2)c(Br)c1. The van der Waals surface area contributed by atoms with Crippen LogP contribution in [0.2, 0.25) is 0 Å². The molecule has 2 aromatic carbocycles. The molecule has 0 spiro atoms. The normalized spacial score (nSPS) is 11.4. The van der Waals surface area contributed by atoms with Crippen molar-refractivity contribution in [3.05, 3.63) is 52.5 Å². The summed E-state index contributed by atoms with van der Waals surface area (Å²) in [7, 11) is -3.75. The first kappa shape index (κ1) is 19.4. The van der Waals surface area contributed by atoms with Crippen LogP contribution in [-0.2, 0) is 14.8 Å². The van der Waals surface area contributed by atoms with Gasteiger partial charge in [0.05, 0.1) is 9.37 Å². The molecule has 0 saturated heterocycles. The molecule has 8 heteroatoms. The van der Waals surface area contributed by atoms with Crippen LogP contribution in [0.25, 0.3) is 0 Å². The van der Waals surface area contributed by atoms with Gasteiger partial charge in [0, 0.05) is 5.69 Å². The van der Waals surface area contributed by atoms with E-state index in [0.29, 0.717) is 17.4 Å². The van der Waals surface area contributed by atoms with Crippen molar-refractivity contribution in [1.29, 1.82) is 0 Å². The second-order valence-electron chi connectivity index (χ2n) is 5.75. The molecule has 2 rings (SSSR count). The number of amides is 1. The van der Waals surface area contributed by atoms with E-state index in [1.54, 1.807) is 0 Å². The number of anilines is 1. The van der Waals surface area contributed by atoms with Gasteiger partial charge in [0.1, 0.15) is 5.75 Å². The van der Waals surface area contributed by atoms with Crippen molar-refractivity contribution in [2.75, 3.05) is 11.9 Å². The van der Waals surface area contributed by atoms with Crippen LogP contribution >= 0.6 is 15.9 Å². The summed E-state index contributed by atoms with van der Waals surface area (Å²) in [6.07, 6.45) is 0. The number of primary sulfonamides is 1. The molecule has 0 unspecified atom stereocenters. The predicted octanol–water partition coefficient (Wildman–Crippen LogP) is 3.24. The van der Waals surface area contributed by atoms with E-state index in [1.807, 2.05) is 18.2 Å². The van der Waals surface area contributed by atoms with Crippen LogP contribution in [0.5, 0.6) is 5.75 Å². The number of sulfonamides is 1. The van der Waals surface area contributed by atoms with Gasteiger partial charge in [-0.25, -0.2) is 13.6 Å². The molecule has 3 N–H and O–H groups in total. The number of hydrogen-bond acceptors (Lipinski definition) is 4. The minimum absolute atomic E-state index is 0.0177. The molecule has 0 bridgehead atoms. The Balaban J connectivity index is 1.95. The Bertz CT molecular complexity index is 865. The molecule has 0 aliphatic carbocycles. The molecule has 0 radical (unpaired) electrons. The minimum Gasteiger partial charge on any atom is -0.483 e. The lowest BCUT2D eigenvalue weighted by atomic mass is 10.0. The molecule has 0 aliphatic rings. The highest BCUT2D eigenvalue weighted by atomic mass is 79.9. The van der Waals surface area contributed by atoms with Crippen LogP contribution in [-0.4, -0.2) is 20.9 Å². The summed E-state index contributed by atoms with van der Waals surface area (Å²) in [6, 6.07) is 11.3. The molecule has 0 heterocycles. The van der Waals surface area contributed by atoms with Crippen LogP contribution in [0, 0.1) is 0 Å².